The van der Waals surface area contributed by atoms with E-state index in [1.807, 2.05) is 26.1 Å². The number of hydrogen-bond donors (Lipinski definition) is 3. The number of halogens is 7. The molecule has 3 N–H and O–H groups in total. The van der Waals surface area contributed by atoms with Gasteiger partial charge in [-0.25, -0.2) is 14.2 Å². The zero-order valence-corrected chi connectivity index (χ0v) is 31.5. The van der Waals surface area contributed by atoms with Gasteiger partial charge in [-0.3, -0.25) is 15.1 Å². The lowest BCUT2D eigenvalue weighted by Crippen LogP contribution is -2.61. The average molecular weight is 809 g/mol. The van der Waals surface area contributed by atoms with Crippen LogP contribution in [0.15, 0.2) is 48.7 Å². The lowest BCUT2D eigenvalue weighted by Gasteiger charge is -2.47. The molecule has 20 heteroatoms. The molecule has 0 radical (unpaired) electrons. The largest absolute Gasteiger partial charge is 0.447 e. The lowest BCUT2D eigenvalue weighted by molar-refractivity contribution is -0.164. The summed E-state index contributed by atoms with van der Waals surface area (Å²) in [4.78, 5) is 34.6. The fourth-order valence-electron chi connectivity index (χ4n) is 7.43. The highest BCUT2D eigenvalue weighted by Gasteiger charge is 2.66. The number of benzene rings is 1. The number of amides is 2. The van der Waals surface area contributed by atoms with Gasteiger partial charge in [0, 0.05) is 11.1 Å². The molecule has 13 nitrogen and oxygen atoms in total. The van der Waals surface area contributed by atoms with E-state index in [-0.39, 0.29) is 53.7 Å². The van der Waals surface area contributed by atoms with Gasteiger partial charge in [-0.15, -0.1) is 0 Å². The van der Waals surface area contributed by atoms with E-state index in [9.17, 15) is 32.2 Å². The smallest absolute Gasteiger partial charge is 0.411 e. The monoisotopic (exact) mass is 808 g/mol. The van der Waals surface area contributed by atoms with Crippen LogP contribution in [0.2, 0.25) is 5.02 Å². The molecule has 3 aliphatic carbocycles. The minimum absolute atomic E-state index is 0.0119. The van der Waals surface area contributed by atoms with Crippen LogP contribution in [0, 0.1) is 16.2 Å². The molecular weight excluding hydrogens is 770 g/mol. The quantitative estimate of drug-likeness (QED) is 0.167. The number of alkyl halides is 5. The maximum atomic E-state index is 16.9. The van der Waals surface area contributed by atoms with Gasteiger partial charge in [0.2, 0.25) is 0 Å². The molecule has 7 rings (SSSR count). The van der Waals surface area contributed by atoms with Crippen LogP contribution >= 0.6 is 11.6 Å². The maximum Gasteiger partial charge on any atom is 0.411 e. The third-order valence-electron chi connectivity index (χ3n) is 10.8. The molecule has 3 atom stereocenters. The molecule has 0 spiro atoms. The van der Waals surface area contributed by atoms with E-state index in [2.05, 4.69) is 25.6 Å². The van der Waals surface area contributed by atoms with Gasteiger partial charge in [0.05, 0.1) is 28.7 Å². The van der Waals surface area contributed by atoms with Gasteiger partial charge in [0.25, 0.3) is 5.91 Å². The summed E-state index contributed by atoms with van der Waals surface area (Å²) < 4.78 is 91.4. The summed E-state index contributed by atoms with van der Waals surface area (Å²) in [5.41, 5.74) is -5.65. The van der Waals surface area contributed by atoms with Crippen molar-refractivity contribution in [1.29, 1.82) is 5.41 Å². The highest BCUT2D eigenvalue weighted by atomic mass is 35.5. The van der Waals surface area contributed by atoms with Crippen molar-refractivity contribution in [1.82, 2.24) is 45.3 Å². The van der Waals surface area contributed by atoms with Crippen molar-refractivity contribution in [2.24, 2.45) is 10.8 Å². The summed E-state index contributed by atoms with van der Waals surface area (Å²) in [7, 11) is 0. The molecular formula is C36H39ClF6N10O3. The number of aromatic nitrogens is 6. The molecule has 1 aliphatic heterocycles. The van der Waals surface area contributed by atoms with Crippen molar-refractivity contribution in [3.63, 3.8) is 0 Å². The first-order valence-corrected chi connectivity index (χ1v) is 18.3. The van der Waals surface area contributed by atoms with Crippen molar-refractivity contribution in [2.45, 2.75) is 102 Å². The molecule has 0 bridgehead atoms. The van der Waals surface area contributed by atoms with Crippen molar-refractivity contribution < 1.29 is 40.7 Å². The van der Waals surface area contributed by atoms with Gasteiger partial charge in [0.15, 0.2) is 11.8 Å². The van der Waals surface area contributed by atoms with Gasteiger partial charge in [-0.1, -0.05) is 51.4 Å². The van der Waals surface area contributed by atoms with Crippen LogP contribution in [0.3, 0.4) is 0 Å². The van der Waals surface area contributed by atoms with Crippen LogP contribution in [-0.2, 0) is 9.53 Å². The molecule has 3 aromatic rings. The Kier molecular flexibility index (Phi) is 9.56. The van der Waals surface area contributed by atoms with Gasteiger partial charge >= 0.3 is 18.8 Å². The molecule has 3 heterocycles. The molecule has 2 amide bonds. The summed E-state index contributed by atoms with van der Waals surface area (Å²) in [6.45, 7) is 3.15. The highest BCUT2D eigenvalue weighted by molar-refractivity contribution is 6.33. The second kappa shape index (κ2) is 13.6. The van der Waals surface area contributed by atoms with Crippen LogP contribution in [-0.4, -0.2) is 76.5 Å². The highest BCUT2D eigenvalue weighted by Crippen LogP contribution is 2.54. The second-order valence-corrected chi connectivity index (χ2v) is 16.5. The molecule has 2 aromatic heterocycles. The Labute approximate surface area is 322 Å². The standard InChI is InChI=1S/C36H39ClF6N10O3/c1-32(2,3)17-35(33(4)10-9-19(14-26(33)38)24-15-46-53(50-24)21-6-7-21)28(54)51(30(44)48-35)25(16-56-31(55)49-34(11-12-34)36(41,42)43)20-5-8-23(37)22(13-20)27-45-18-47-52(27)29(39)40/h5,8-9,13-15,18,21,25,29H,6-7,10-12,16-17H2,1-4H3,(H2,44,48)(H,49,55)/t25-,33?,35+/m1/s1. The molecule has 300 valence electrons. The van der Waals surface area contributed by atoms with Crippen LogP contribution in [0.4, 0.5) is 31.1 Å². The lowest BCUT2D eigenvalue weighted by atomic mass is 9.60. The van der Waals surface area contributed by atoms with Gasteiger partial charge in [-0.2, -0.15) is 46.7 Å². The number of allylic oxidation sites excluding steroid dienone is 3. The number of hydrogen-bond acceptors (Lipinski definition) is 8. The van der Waals surface area contributed by atoms with Gasteiger partial charge in [0.1, 0.15) is 35.5 Å². The van der Waals surface area contributed by atoms with Crippen LogP contribution < -0.4 is 10.6 Å². The number of rotatable bonds is 11. The fraction of sp³-hybridized carbons (Fsp3) is 0.528. The Balaban J connectivity index is 1.27. The third kappa shape index (κ3) is 6.91. The first-order chi connectivity index (χ1) is 26.2. The third-order valence-corrected chi connectivity index (χ3v) is 11.1. The summed E-state index contributed by atoms with van der Waals surface area (Å²) >= 11 is 6.44. The zero-order chi connectivity index (χ0) is 40.6. The Hall–Kier alpha value is -4.94. The Bertz CT molecular complexity index is 2140. The van der Waals surface area contributed by atoms with E-state index < -0.39 is 71.1 Å². The zero-order valence-electron chi connectivity index (χ0n) is 30.7. The minimum Gasteiger partial charge on any atom is -0.447 e. The van der Waals surface area contributed by atoms with Crippen LogP contribution in [0.25, 0.3) is 17.0 Å². The van der Waals surface area contributed by atoms with Crippen molar-refractivity contribution in [3.05, 3.63) is 65.0 Å². The average Bonchev–Trinajstić information content (AvgIpc) is 3.98. The number of nitrogens with zero attached hydrogens (tertiary/aromatic N) is 7. The predicted octanol–water partition coefficient (Wildman–Crippen LogP) is 7.67. The molecule has 1 aromatic carbocycles. The van der Waals surface area contributed by atoms with Crippen molar-refractivity contribution in [2.75, 3.05) is 6.61 Å². The van der Waals surface area contributed by atoms with E-state index in [1.54, 1.807) is 24.0 Å². The number of alkyl carbamates (subject to hydrolysis) is 1. The normalized spacial score (nSPS) is 24.2. The molecule has 4 aliphatic rings. The van der Waals surface area contributed by atoms with E-state index in [1.165, 1.54) is 24.3 Å². The number of carbonyl (C=O) groups is 2. The molecule has 56 heavy (non-hydrogen) atoms. The number of nitrogens with one attached hydrogen (secondary N) is 3. The summed E-state index contributed by atoms with van der Waals surface area (Å²) in [6, 6.07) is 2.71. The first kappa shape index (κ1) is 39.3. The Morgan fingerprint density at radius 2 is 1.89 bits per heavy atom. The number of carbonyl (C=O) groups excluding carboxylic acids is 2. The minimum atomic E-state index is -4.75. The van der Waals surface area contributed by atoms with Gasteiger partial charge < -0.3 is 15.4 Å². The number of ether oxygens (including phenoxy) is 1. The molecule has 2 saturated carbocycles. The summed E-state index contributed by atoms with van der Waals surface area (Å²) in [6.07, 6.45) is 0.420. The summed E-state index contributed by atoms with van der Waals surface area (Å²) in [5, 5.41) is 26.3. The summed E-state index contributed by atoms with van der Waals surface area (Å²) in [5.74, 6) is -2.35. The topological polar surface area (TPSA) is 156 Å². The van der Waals surface area contributed by atoms with Crippen LogP contribution in [0.5, 0.6) is 0 Å². The van der Waals surface area contributed by atoms with Gasteiger partial charge in [-0.05, 0) is 67.7 Å². The molecule has 1 unspecified atom stereocenters. The van der Waals surface area contributed by atoms with E-state index in [0.717, 1.165) is 24.1 Å². The molecule has 3 fully saturated rings. The van der Waals surface area contributed by atoms with E-state index >= 15 is 9.18 Å². The van der Waals surface area contributed by atoms with E-state index in [4.69, 9.17) is 16.3 Å². The predicted molar refractivity (Wildman–Crippen MR) is 190 cm³/mol. The van der Waals surface area contributed by atoms with Crippen LogP contribution in [0.1, 0.15) is 96.1 Å². The number of guanidine groups is 1. The Morgan fingerprint density at radius 3 is 2.50 bits per heavy atom. The Morgan fingerprint density at radius 1 is 1.18 bits per heavy atom. The van der Waals surface area contributed by atoms with Crippen molar-refractivity contribution in [3.8, 4) is 11.4 Å². The fourth-order valence-corrected chi connectivity index (χ4v) is 7.64. The van der Waals surface area contributed by atoms with Crippen molar-refractivity contribution >= 4 is 35.1 Å². The first-order valence-electron chi connectivity index (χ1n) is 17.9. The molecule has 1 saturated heterocycles. The maximum absolute atomic E-state index is 16.9. The SMILES string of the molecule is CC(C)(C)C[C@]1(C2(C)CC=C(c3cnn(C4CC4)n3)C=C2F)NC(=N)N([C@H](COC(=O)NC2(C(F)(F)F)CC2)c2ccc(Cl)c(-c3ncnn3C(F)F)c2)C1=O. The second-order valence-electron chi connectivity index (χ2n) is 16.1. The van der Waals surface area contributed by atoms with E-state index in [0.29, 0.717) is 15.9 Å².